The van der Waals surface area contributed by atoms with Gasteiger partial charge in [-0.1, -0.05) is 45.0 Å². The Hall–Kier alpha value is -3.67. The third-order valence-corrected chi connectivity index (χ3v) is 5.92. The van der Waals surface area contributed by atoms with Crippen molar-refractivity contribution in [1.29, 1.82) is 0 Å². The van der Waals surface area contributed by atoms with Crippen LogP contribution < -0.4 is 5.56 Å². The molecular weight excluding hydrogens is 414 g/mol. The molecule has 0 N–H and O–H groups in total. The summed E-state index contributed by atoms with van der Waals surface area (Å²) in [5.41, 5.74) is 2.42. The minimum absolute atomic E-state index is 0.139. The van der Waals surface area contributed by atoms with Gasteiger partial charge in [0, 0.05) is 6.54 Å². The highest BCUT2D eigenvalue weighted by molar-refractivity contribution is 5.91. The van der Waals surface area contributed by atoms with Crippen LogP contribution in [-0.2, 0) is 6.42 Å². The van der Waals surface area contributed by atoms with Gasteiger partial charge in [0.15, 0.2) is 5.76 Å². The van der Waals surface area contributed by atoms with Crippen LogP contribution in [0.25, 0.3) is 16.6 Å². The molecule has 170 valence electrons. The first-order chi connectivity index (χ1) is 16.1. The Labute approximate surface area is 193 Å². The number of carbonyl (C=O) groups is 1. The monoisotopic (exact) mass is 443 g/mol. The van der Waals surface area contributed by atoms with Crippen molar-refractivity contribution in [2.75, 3.05) is 6.54 Å². The molecule has 2 aromatic carbocycles. The van der Waals surface area contributed by atoms with E-state index in [-0.39, 0.29) is 17.2 Å². The maximum atomic E-state index is 13.7. The molecule has 0 fully saturated rings. The lowest BCUT2D eigenvalue weighted by atomic mass is 10.1. The fourth-order valence-corrected chi connectivity index (χ4v) is 4.23. The number of hydrogen-bond acceptors (Lipinski definition) is 4. The maximum absolute atomic E-state index is 13.7. The van der Waals surface area contributed by atoms with Crippen LogP contribution in [0.15, 0.2) is 76.1 Å². The first kappa shape index (κ1) is 22.5. The molecule has 0 saturated heterocycles. The van der Waals surface area contributed by atoms with Gasteiger partial charge in [-0.3, -0.25) is 14.2 Å². The number of hydrogen-bond donors (Lipinski definition) is 0. The molecule has 0 aliphatic carbocycles. The van der Waals surface area contributed by atoms with E-state index in [1.165, 1.54) is 11.8 Å². The van der Waals surface area contributed by atoms with Gasteiger partial charge in [0.2, 0.25) is 0 Å². The standard InChI is InChI=1S/C27H29N3O3/c1-4-17-29(27(32)24-12-9-18-33-24)23(6-3)25-28-22-11-8-7-10-21(22)26(31)30(25)20-15-13-19(5-2)14-16-20/h7-16,18,23H,4-6,17H2,1-3H3. The summed E-state index contributed by atoms with van der Waals surface area (Å²) in [6, 6.07) is 18.3. The van der Waals surface area contributed by atoms with Gasteiger partial charge in [-0.25, -0.2) is 4.98 Å². The van der Waals surface area contributed by atoms with Crippen molar-refractivity contribution in [3.8, 4) is 5.69 Å². The molecule has 0 radical (unpaired) electrons. The normalized spacial score (nSPS) is 12.1. The van der Waals surface area contributed by atoms with E-state index in [1.807, 2.05) is 56.3 Å². The SMILES string of the molecule is CCCN(C(=O)c1ccco1)C(CC)c1nc2ccccc2c(=O)n1-c1ccc(CC)cc1. The summed E-state index contributed by atoms with van der Waals surface area (Å²) >= 11 is 0. The summed E-state index contributed by atoms with van der Waals surface area (Å²) in [6.07, 6.45) is 3.78. The van der Waals surface area contributed by atoms with Crippen molar-refractivity contribution >= 4 is 16.8 Å². The molecule has 1 unspecified atom stereocenters. The van der Waals surface area contributed by atoms with Crippen molar-refractivity contribution in [1.82, 2.24) is 14.5 Å². The van der Waals surface area contributed by atoms with Crippen LogP contribution in [0.5, 0.6) is 0 Å². The van der Waals surface area contributed by atoms with E-state index in [1.54, 1.807) is 27.7 Å². The Balaban J connectivity index is 1.94. The highest BCUT2D eigenvalue weighted by atomic mass is 16.3. The third kappa shape index (κ3) is 4.33. The molecule has 6 heteroatoms. The maximum Gasteiger partial charge on any atom is 0.290 e. The minimum atomic E-state index is -0.397. The Morgan fingerprint density at radius 2 is 1.79 bits per heavy atom. The van der Waals surface area contributed by atoms with E-state index >= 15 is 0 Å². The number of nitrogens with zero attached hydrogens (tertiary/aromatic N) is 3. The van der Waals surface area contributed by atoms with Crippen LogP contribution in [0.2, 0.25) is 0 Å². The summed E-state index contributed by atoms with van der Waals surface area (Å²) < 4.78 is 7.07. The van der Waals surface area contributed by atoms with E-state index < -0.39 is 6.04 Å². The van der Waals surface area contributed by atoms with Crippen molar-refractivity contribution in [3.63, 3.8) is 0 Å². The van der Waals surface area contributed by atoms with Gasteiger partial charge in [0.1, 0.15) is 5.82 Å². The van der Waals surface area contributed by atoms with E-state index in [4.69, 9.17) is 9.40 Å². The first-order valence-electron chi connectivity index (χ1n) is 11.5. The van der Waals surface area contributed by atoms with Crippen molar-refractivity contribution in [2.24, 2.45) is 0 Å². The van der Waals surface area contributed by atoms with Gasteiger partial charge < -0.3 is 9.32 Å². The molecule has 0 aliphatic rings. The number of carbonyl (C=O) groups excluding carboxylic acids is 1. The molecule has 1 amide bonds. The minimum Gasteiger partial charge on any atom is -0.459 e. The predicted molar refractivity (Wildman–Crippen MR) is 130 cm³/mol. The smallest absolute Gasteiger partial charge is 0.290 e. The number of aryl methyl sites for hydroxylation is 1. The van der Waals surface area contributed by atoms with E-state index in [2.05, 4.69) is 6.92 Å². The molecule has 4 aromatic rings. The Bertz CT molecular complexity index is 1290. The van der Waals surface area contributed by atoms with Crippen LogP contribution in [-0.4, -0.2) is 26.9 Å². The lowest BCUT2D eigenvalue weighted by molar-refractivity contribution is 0.0626. The second-order valence-corrected chi connectivity index (χ2v) is 8.05. The topological polar surface area (TPSA) is 68.3 Å². The van der Waals surface area contributed by atoms with Crippen LogP contribution in [0.3, 0.4) is 0 Å². The molecule has 0 aliphatic heterocycles. The average molecular weight is 444 g/mol. The van der Waals surface area contributed by atoms with Crippen LogP contribution in [0.1, 0.15) is 61.6 Å². The molecular formula is C27H29N3O3. The summed E-state index contributed by atoms with van der Waals surface area (Å²) in [4.78, 5) is 33.8. The number of aromatic nitrogens is 2. The zero-order valence-corrected chi connectivity index (χ0v) is 19.3. The Kier molecular flexibility index (Phi) is 6.73. The molecule has 0 bridgehead atoms. The second-order valence-electron chi connectivity index (χ2n) is 8.05. The number of amides is 1. The van der Waals surface area contributed by atoms with Crippen LogP contribution in [0, 0.1) is 0 Å². The zero-order valence-electron chi connectivity index (χ0n) is 19.3. The number of furan rings is 1. The molecule has 6 nitrogen and oxygen atoms in total. The van der Waals surface area contributed by atoms with Gasteiger partial charge in [0.05, 0.1) is 28.9 Å². The molecule has 33 heavy (non-hydrogen) atoms. The van der Waals surface area contributed by atoms with Crippen molar-refractivity contribution in [3.05, 3.63) is 94.4 Å². The van der Waals surface area contributed by atoms with Crippen LogP contribution >= 0.6 is 0 Å². The second kappa shape index (κ2) is 9.86. The van der Waals surface area contributed by atoms with Crippen molar-refractivity contribution < 1.29 is 9.21 Å². The molecule has 1 atom stereocenters. The van der Waals surface area contributed by atoms with Crippen molar-refractivity contribution in [2.45, 2.75) is 46.1 Å². The largest absolute Gasteiger partial charge is 0.459 e. The Morgan fingerprint density at radius 1 is 1.03 bits per heavy atom. The zero-order chi connectivity index (χ0) is 23.4. The van der Waals surface area contributed by atoms with E-state index in [0.29, 0.717) is 29.7 Å². The third-order valence-electron chi connectivity index (χ3n) is 5.92. The highest BCUT2D eigenvalue weighted by Crippen LogP contribution is 2.28. The number of benzene rings is 2. The lowest BCUT2D eigenvalue weighted by Gasteiger charge is -2.31. The van der Waals surface area contributed by atoms with Crippen LogP contribution in [0.4, 0.5) is 0 Å². The quantitative estimate of drug-likeness (QED) is 0.358. The number of para-hydroxylation sites is 1. The fraction of sp³-hybridized carbons (Fsp3) is 0.296. The summed E-state index contributed by atoms with van der Waals surface area (Å²) in [6.45, 7) is 6.66. The molecule has 0 spiro atoms. The number of rotatable bonds is 8. The molecule has 2 heterocycles. The highest BCUT2D eigenvalue weighted by Gasteiger charge is 2.30. The lowest BCUT2D eigenvalue weighted by Crippen LogP contribution is -2.39. The first-order valence-corrected chi connectivity index (χ1v) is 11.5. The van der Waals surface area contributed by atoms with Gasteiger partial charge in [-0.05, 0) is 61.2 Å². The molecule has 2 aromatic heterocycles. The van der Waals surface area contributed by atoms with Gasteiger partial charge in [0.25, 0.3) is 11.5 Å². The molecule has 4 rings (SSSR count). The summed E-state index contributed by atoms with van der Waals surface area (Å²) in [5.74, 6) is 0.631. The van der Waals surface area contributed by atoms with Gasteiger partial charge in [-0.2, -0.15) is 0 Å². The number of fused-ring (bicyclic) bond motifs is 1. The van der Waals surface area contributed by atoms with E-state index in [0.717, 1.165) is 18.5 Å². The fourth-order valence-electron chi connectivity index (χ4n) is 4.23. The van der Waals surface area contributed by atoms with Gasteiger partial charge in [-0.15, -0.1) is 0 Å². The molecule has 0 saturated carbocycles. The Morgan fingerprint density at radius 3 is 2.42 bits per heavy atom. The predicted octanol–water partition coefficient (Wildman–Crippen LogP) is 5.54. The van der Waals surface area contributed by atoms with E-state index in [9.17, 15) is 9.59 Å². The summed E-state index contributed by atoms with van der Waals surface area (Å²) in [7, 11) is 0. The van der Waals surface area contributed by atoms with Gasteiger partial charge >= 0.3 is 0 Å². The summed E-state index contributed by atoms with van der Waals surface area (Å²) in [5, 5.41) is 0.551. The average Bonchev–Trinajstić information content (AvgIpc) is 3.39.